The van der Waals surface area contributed by atoms with Crippen molar-refractivity contribution >= 4 is 35.0 Å². The molecule has 0 unspecified atom stereocenters. The minimum atomic E-state index is -0.684. The van der Waals surface area contributed by atoms with E-state index in [0.717, 1.165) is 0 Å². The molecule has 0 spiro atoms. The van der Waals surface area contributed by atoms with Crippen molar-refractivity contribution in [3.05, 3.63) is 34.5 Å². The molecule has 1 amide bonds. The zero-order valence-electron chi connectivity index (χ0n) is 10.2. The second kappa shape index (κ2) is 5.57. The van der Waals surface area contributed by atoms with Crippen molar-refractivity contribution in [3.63, 3.8) is 0 Å². The first-order chi connectivity index (χ1) is 9.52. The molecule has 1 aromatic heterocycles. The maximum Gasteiger partial charge on any atom is 0.339 e. The summed E-state index contributed by atoms with van der Waals surface area (Å²) in [4.78, 5) is 23.5. The van der Waals surface area contributed by atoms with Gasteiger partial charge in [-0.3, -0.25) is 4.79 Å². The second-order valence-corrected chi connectivity index (χ2v) is 4.07. The SMILES string of the molecule is COC(=O)c1ccc(Cl)cc1NC(=O)c1nonc1N. The number of nitrogens with one attached hydrogen (secondary N) is 1. The molecular formula is C11H9ClN4O4. The molecule has 0 bridgehead atoms. The lowest BCUT2D eigenvalue weighted by atomic mass is 10.1. The van der Waals surface area contributed by atoms with Gasteiger partial charge in [0.05, 0.1) is 18.4 Å². The van der Waals surface area contributed by atoms with E-state index in [0.29, 0.717) is 5.02 Å². The van der Waals surface area contributed by atoms with E-state index in [4.69, 9.17) is 17.3 Å². The van der Waals surface area contributed by atoms with Gasteiger partial charge in [0.25, 0.3) is 5.91 Å². The van der Waals surface area contributed by atoms with Crippen LogP contribution in [0.1, 0.15) is 20.8 Å². The van der Waals surface area contributed by atoms with Crippen LogP contribution < -0.4 is 11.1 Å². The number of benzene rings is 1. The monoisotopic (exact) mass is 296 g/mol. The van der Waals surface area contributed by atoms with E-state index in [1.807, 2.05) is 0 Å². The molecule has 0 aliphatic carbocycles. The second-order valence-electron chi connectivity index (χ2n) is 3.63. The van der Waals surface area contributed by atoms with E-state index in [1.54, 1.807) is 0 Å². The molecule has 0 saturated heterocycles. The molecule has 0 saturated carbocycles. The number of aromatic nitrogens is 2. The Balaban J connectivity index is 2.33. The zero-order chi connectivity index (χ0) is 14.7. The number of nitrogen functional groups attached to an aromatic ring is 1. The fourth-order valence-electron chi connectivity index (χ4n) is 1.44. The quantitative estimate of drug-likeness (QED) is 0.820. The molecule has 2 aromatic rings. The molecule has 2 rings (SSSR count). The van der Waals surface area contributed by atoms with Gasteiger partial charge in [0.15, 0.2) is 0 Å². The van der Waals surface area contributed by atoms with Crippen LogP contribution in [0.3, 0.4) is 0 Å². The smallest absolute Gasteiger partial charge is 0.339 e. The van der Waals surface area contributed by atoms with Crippen molar-refractivity contribution in [2.45, 2.75) is 0 Å². The highest BCUT2D eigenvalue weighted by Gasteiger charge is 2.19. The summed E-state index contributed by atoms with van der Waals surface area (Å²) in [7, 11) is 1.22. The van der Waals surface area contributed by atoms with Crippen LogP contribution in [-0.4, -0.2) is 29.3 Å². The van der Waals surface area contributed by atoms with Crippen LogP contribution in [0, 0.1) is 0 Å². The van der Waals surface area contributed by atoms with E-state index in [-0.39, 0.29) is 22.8 Å². The van der Waals surface area contributed by atoms with Crippen LogP contribution >= 0.6 is 11.6 Å². The summed E-state index contributed by atoms with van der Waals surface area (Å²) in [5, 5.41) is 9.42. The van der Waals surface area contributed by atoms with Gasteiger partial charge in [-0.1, -0.05) is 11.6 Å². The van der Waals surface area contributed by atoms with Crippen molar-refractivity contribution in [1.29, 1.82) is 0 Å². The maximum atomic E-state index is 11.9. The molecule has 0 radical (unpaired) electrons. The van der Waals surface area contributed by atoms with Gasteiger partial charge in [-0.25, -0.2) is 9.42 Å². The molecule has 1 aromatic carbocycles. The summed E-state index contributed by atoms with van der Waals surface area (Å²) in [6, 6.07) is 4.32. The Morgan fingerprint density at radius 3 is 2.75 bits per heavy atom. The van der Waals surface area contributed by atoms with Gasteiger partial charge in [-0.15, -0.1) is 0 Å². The third-order valence-electron chi connectivity index (χ3n) is 2.36. The molecule has 0 fully saturated rings. The highest BCUT2D eigenvalue weighted by atomic mass is 35.5. The number of hydrogen-bond donors (Lipinski definition) is 2. The van der Waals surface area contributed by atoms with Gasteiger partial charge in [-0.2, -0.15) is 0 Å². The van der Waals surface area contributed by atoms with Gasteiger partial charge in [0, 0.05) is 5.02 Å². The third kappa shape index (κ3) is 2.69. The number of methoxy groups -OCH3 is 1. The van der Waals surface area contributed by atoms with Crippen LogP contribution in [0.5, 0.6) is 0 Å². The first kappa shape index (κ1) is 13.8. The Morgan fingerprint density at radius 1 is 1.40 bits per heavy atom. The number of carbonyl (C=O) groups is 2. The number of anilines is 2. The van der Waals surface area contributed by atoms with E-state index in [2.05, 4.69) is 25.0 Å². The summed E-state index contributed by atoms with van der Waals surface area (Å²) in [6.45, 7) is 0. The lowest BCUT2D eigenvalue weighted by Gasteiger charge is -2.09. The number of esters is 1. The van der Waals surface area contributed by atoms with Crippen LogP contribution in [0.4, 0.5) is 11.5 Å². The predicted octanol–water partition coefficient (Wildman–Crippen LogP) is 1.34. The molecule has 1 heterocycles. The molecule has 0 atom stereocenters. The standard InChI is InChI=1S/C11H9ClN4O4/c1-19-11(18)6-3-2-5(12)4-7(6)14-10(17)8-9(13)16-20-15-8/h2-4H,1H3,(H2,13,16)(H,14,17). The van der Waals surface area contributed by atoms with Crippen molar-refractivity contribution < 1.29 is 19.0 Å². The summed E-state index contributed by atoms with van der Waals surface area (Å²) in [5.74, 6) is -1.47. The van der Waals surface area contributed by atoms with Crippen LogP contribution in [0.15, 0.2) is 22.8 Å². The zero-order valence-corrected chi connectivity index (χ0v) is 11.0. The normalized spacial score (nSPS) is 10.1. The molecule has 0 aliphatic rings. The number of nitrogens with zero attached hydrogens (tertiary/aromatic N) is 2. The number of ether oxygens (including phenoxy) is 1. The summed E-state index contributed by atoms with van der Waals surface area (Å²) >= 11 is 5.83. The van der Waals surface area contributed by atoms with Gasteiger partial charge >= 0.3 is 5.97 Å². The summed E-state index contributed by atoms with van der Waals surface area (Å²) in [5.41, 5.74) is 5.51. The lowest BCUT2D eigenvalue weighted by molar-refractivity contribution is 0.0602. The molecular weight excluding hydrogens is 288 g/mol. The number of halogens is 1. The van der Waals surface area contributed by atoms with Crippen molar-refractivity contribution in [3.8, 4) is 0 Å². The van der Waals surface area contributed by atoms with Crippen LogP contribution in [0.2, 0.25) is 5.02 Å². The summed E-state index contributed by atoms with van der Waals surface area (Å²) < 4.78 is 8.93. The Bertz CT molecular complexity index is 670. The fraction of sp³-hybridized carbons (Fsp3) is 0.0909. The number of hydrogen-bond acceptors (Lipinski definition) is 7. The van der Waals surface area contributed by atoms with Crippen LogP contribution in [0.25, 0.3) is 0 Å². The molecule has 104 valence electrons. The first-order valence-electron chi connectivity index (χ1n) is 5.30. The summed E-state index contributed by atoms with van der Waals surface area (Å²) in [6.07, 6.45) is 0. The fourth-order valence-corrected chi connectivity index (χ4v) is 1.61. The molecule has 20 heavy (non-hydrogen) atoms. The minimum absolute atomic E-state index is 0.139. The Morgan fingerprint density at radius 2 is 2.15 bits per heavy atom. The van der Waals surface area contributed by atoms with E-state index < -0.39 is 11.9 Å². The molecule has 0 aliphatic heterocycles. The molecule has 9 heteroatoms. The van der Waals surface area contributed by atoms with E-state index in [9.17, 15) is 9.59 Å². The number of rotatable bonds is 3. The van der Waals surface area contributed by atoms with Crippen molar-refractivity contribution in [1.82, 2.24) is 10.3 Å². The van der Waals surface area contributed by atoms with Crippen LogP contribution in [-0.2, 0) is 4.74 Å². The third-order valence-corrected chi connectivity index (χ3v) is 2.60. The van der Waals surface area contributed by atoms with Crippen molar-refractivity contribution in [2.24, 2.45) is 0 Å². The topological polar surface area (TPSA) is 120 Å². The largest absolute Gasteiger partial charge is 0.465 e. The van der Waals surface area contributed by atoms with E-state index >= 15 is 0 Å². The van der Waals surface area contributed by atoms with Gasteiger partial charge in [0.1, 0.15) is 0 Å². The first-order valence-corrected chi connectivity index (χ1v) is 5.68. The van der Waals surface area contributed by atoms with Crippen molar-refractivity contribution in [2.75, 3.05) is 18.2 Å². The predicted molar refractivity (Wildman–Crippen MR) is 69.5 cm³/mol. The van der Waals surface area contributed by atoms with Gasteiger partial charge in [-0.05, 0) is 28.5 Å². The van der Waals surface area contributed by atoms with Gasteiger partial charge in [0.2, 0.25) is 11.5 Å². The highest BCUT2D eigenvalue weighted by molar-refractivity contribution is 6.31. The Kier molecular flexibility index (Phi) is 3.85. The Hall–Kier alpha value is -2.61. The average molecular weight is 297 g/mol. The lowest BCUT2D eigenvalue weighted by Crippen LogP contribution is -2.17. The molecule has 3 N–H and O–H groups in total. The Labute approximate surface area is 117 Å². The number of carbonyl (C=O) groups excluding carboxylic acids is 2. The van der Waals surface area contributed by atoms with E-state index in [1.165, 1.54) is 25.3 Å². The maximum absolute atomic E-state index is 11.9. The minimum Gasteiger partial charge on any atom is -0.465 e. The van der Waals surface area contributed by atoms with Gasteiger partial charge < -0.3 is 15.8 Å². The average Bonchev–Trinajstić information content (AvgIpc) is 2.84. The molecule has 8 nitrogen and oxygen atoms in total. The highest BCUT2D eigenvalue weighted by Crippen LogP contribution is 2.22. The number of amides is 1. The number of nitrogens with two attached hydrogens (primary N) is 1.